The van der Waals surface area contributed by atoms with E-state index in [1.54, 1.807) is 0 Å². The number of carbonyl (C=O) groups is 2. The van der Waals surface area contributed by atoms with E-state index in [4.69, 9.17) is 4.42 Å². The summed E-state index contributed by atoms with van der Waals surface area (Å²) in [5, 5.41) is 2.53. The molecule has 1 aromatic heterocycles. The Bertz CT molecular complexity index is 787. The van der Waals surface area contributed by atoms with Gasteiger partial charge >= 0.3 is 18.2 Å². The van der Waals surface area contributed by atoms with Gasteiger partial charge in [-0.25, -0.2) is 14.6 Å². The van der Waals surface area contributed by atoms with Crippen LogP contribution < -0.4 is 5.32 Å². The lowest BCUT2D eigenvalue weighted by Gasteiger charge is -2.21. The third-order valence-corrected chi connectivity index (χ3v) is 3.52. The number of rotatable bonds is 6. The minimum atomic E-state index is -4.45. The quantitative estimate of drug-likeness (QED) is 0.762. The van der Waals surface area contributed by atoms with E-state index in [9.17, 15) is 22.8 Å². The van der Waals surface area contributed by atoms with Gasteiger partial charge in [0.15, 0.2) is 5.69 Å². The number of hydrogen-bond acceptors (Lipinski definition) is 5. The molecular weight excluding hydrogens is 367 g/mol. The maximum absolute atomic E-state index is 12.6. The Morgan fingerprint density at radius 1 is 1.26 bits per heavy atom. The van der Waals surface area contributed by atoms with Gasteiger partial charge in [0.1, 0.15) is 6.26 Å². The van der Waals surface area contributed by atoms with Crippen LogP contribution in [0.1, 0.15) is 35.3 Å². The Morgan fingerprint density at radius 3 is 2.48 bits per heavy atom. The Labute approximate surface area is 153 Å². The number of aromatic nitrogens is 1. The number of urea groups is 1. The number of carbonyl (C=O) groups excluding carboxylic acids is 2. The number of benzene rings is 1. The summed E-state index contributed by atoms with van der Waals surface area (Å²) >= 11 is 0. The normalized spacial score (nSPS) is 11.1. The first-order valence-electron chi connectivity index (χ1n) is 8.00. The Kier molecular flexibility index (Phi) is 6.43. The third-order valence-electron chi connectivity index (χ3n) is 3.52. The highest BCUT2D eigenvalue weighted by molar-refractivity contribution is 5.89. The Balaban J connectivity index is 2.06. The molecule has 0 atom stereocenters. The van der Waals surface area contributed by atoms with Crippen molar-refractivity contribution in [2.24, 2.45) is 0 Å². The lowest BCUT2D eigenvalue weighted by atomic mass is 10.2. The molecule has 0 saturated heterocycles. The average molecular weight is 385 g/mol. The zero-order valence-corrected chi connectivity index (χ0v) is 14.7. The van der Waals surface area contributed by atoms with Crippen molar-refractivity contribution in [2.75, 3.05) is 19.0 Å². The van der Waals surface area contributed by atoms with Crippen molar-refractivity contribution in [1.29, 1.82) is 0 Å². The van der Waals surface area contributed by atoms with E-state index in [0.717, 1.165) is 18.4 Å². The number of nitrogens with one attached hydrogen (secondary N) is 1. The summed E-state index contributed by atoms with van der Waals surface area (Å²) in [4.78, 5) is 29.1. The highest BCUT2D eigenvalue weighted by Gasteiger charge is 2.30. The van der Waals surface area contributed by atoms with Crippen LogP contribution in [0.15, 0.2) is 34.9 Å². The van der Waals surface area contributed by atoms with Crippen LogP contribution in [0.4, 0.5) is 23.7 Å². The van der Waals surface area contributed by atoms with Crippen molar-refractivity contribution in [2.45, 2.75) is 26.1 Å². The largest absolute Gasteiger partial charge is 0.464 e. The minimum Gasteiger partial charge on any atom is -0.464 e. The molecule has 1 heterocycles. The van der Waals surface area contributed by atoms with Gasteiger partial charge in [0.05, 0.1) is 19.2 Å². The highest BCUT2D eigenvalue weighted by Crippen LogP contribution is 2.29. The molecular formula is C17H18F3N3O4. The van der Waals surface area contributed by atoms with Gasteiger partial charge in [0.25, 0.3) is 0 Å². The van der Waals surface area contributed by atoms with Gasteiger partial charge < -0.3 is 19.4 Å². The molecule has 7 nitrogen and oxygen atoms in total. The molecule has 10 heteroatoms. The third kappa shape index (κ3) is 5.47. The molecule has 146 valence electrons. The zero-order chi connectivity index (χ0) is 20.0. The first-order chi connectivity index (χ1) is 12.7. The van der Waals surface area contributed by atoms with Crippen molar-refractivity contribution in [3.63, 3.8) is 0 Å². The summed E-state index contributed by atoms with van der Waals surface area (Å²) < 4.78 is 47.5. The number of anilines is 1. The first-order valence-corrected chi connectivity index (χ1v) is 8.00. The monoisotopic (exact) mass is 385 g/mol. The number of halogens is 3. The number of alkyl halides is 3. The topological polar surface area (TPSA) is 84.7 Å². The van der Waals surface area contributed by atoms with Gasteiger partial charge in [0.2, 0.25) is 5.89 Å². The van der Waals surface area contributed by atoms with Crippen LogP contribution >= 0.6 is 0 Å². The second-order valence-electron chi connectivity index (χ2n) is 5.54. The van der Waals surface area contributed by atoms with Gasteiger partial charge in [-0.1, -0.05) is 6.92 Å². The van der Waals surface area contributed by atoms with Crippen molar-refractivity contribution in [3.8, 4) is 0 Å². The fraction of sp³-hybridized carbons (Fsp3) is 0.353. The van der Waals surface area contributed by atoms with Gasteiger partial charge in [-0.05, 0) is 30.7 Å². The molecule has 27 heavy (non-hydrogen) atoms. The predicted octanol–water partition coefficient (Wildman–Crippen LogP) is 3.92. The first kappa shape index (κ1) is 20.3. The van der Waals surface area contributed by atoms with Gasteiger partial charge in [-0.15, -0.1) is 0 Å². The number of hydrogen-bond donors (Lipinski definition) is 1. The minimum absolute atomic E-state index is 0.0166. The van der Waals surface area contributed by atoms with Crippen molar-refractivity contribution in [3.05, 3.63) is 47.7 Å². The van der Waals surface area contributed by atoms with Crippen molar-refractivity contribution in [1.82, 2.24) is 9.88 Å². The maximum Gasteiger partial charge on any atom is 0.416 e. The second kappa shape index (κ2) is 8.56. The molecule has 0 radical (unpaired) electrons. The molecule has 2 amide bonds. The van der Waals surface area contributed by atoms with E-state index in [1.165, 1.54) is 24.1 Å². The van der Waals surface area contributed by atoms with E-state index >= 15 is 0 Å². The van der Waals surface area contributed by atoms with Crippen LogP contribution in [-0.2, 0) is 17.5 Å². The molecule has 2 aromatic rings. The summed E-state index contributed by atoms with van der Waals surface area (Å²) in [5.41, 5.74) is -0.607. The molecule has 0 aliphatic heterocycles. The molecule has 0 fully saturated rings. The van der Waals surface area contributed by atoms with E-state index in [2.05, 4.69) is 15.0 Å². The molecule has 0 bridgehead atoms. The average Bonchev–Trinajstić information content (AvgIpc) is 3.09. The summed E-state index contributed by atoms with van der Waals surface area (Å²) in [6.07, 6.45) is -2.69. The number of amides is 2. The molecule has 0 aliphatic carbocycles. The van der Waals surface area contributed by atoms with Crippen molar-refractivity contribution < 1.29 is 31.9 Å². The molecule has 1 N–H and O–H groups in total. The molecule has 0 aliphatic rings. The zero-order valence-electron chi connectivity index (χ0n) is 14.7. The van der Waals surface area contributed by atoms with E-state index < -0.39 is 23.7 Å². The van der Waals surface area contributed by atoms with Crippen LogP contribution in [-0.4, -0.2) is 35.5 Å². The van der Waals surface area contributed by atoms with Gasteiger partial charge in [-0.2, -0.15) is 13.2 Å². The fourth-order valence-electron chi connectivity index (χ4n) is 2.21. The summed E-state index contributed by atoms with van der Waals surface area (Å²) in [6, 6.07) is 3.58. The molecule has 2 rings (SSSR count). The summed E-state index contributed by atoms with van der Waals surface area (Å²) in [6.45, 7) is 2.19. The number of ether oxygens (including phenoxy) is 1. The molecule has 0 spiro atoms. The lowest BCUT2D eigenvalue weighted by molar-refractivity contribution is -0.137. The van der Waals surface area contributed by atoms with Gasteiger partial charge in [-0.3, -0.25) is 0 Å². The lowest BCUT2D eigenvalue weighted by Crippen LogP contribution is -2.35. The SMILES string of the molecule is CCCN(Cc1nc(C(=O)OC)co1)C(=O)Nc1ccc(C(F)(F)F)cc1. The Morgan fingerprint density at radius 2 is 1.93 bits per heavy atom. The summed E-state index contributed by atoms with van der Waals surface area (Å²) in [5.74, 6) is -0.535. The van der Waals surface area contributed by atoms with E-state index in [1.807, 2.05) is 6.92 Å². The van der Waals surface area contributed by atoms with Gasteiger partial charge in [0, 0.05) is 12.2 Å². The van der Waals surface area contributed by atoms with E-state index in [-0.39, 0.29) is 23.8 Å². The van der Waals surface area contributed by atoms with Crippen molar-refractivity contribution >= 4 is 17.7 Å². The second-order valence-corrected chi connectivity index (χ2v) is 5.54. The fourth-order valence-corrected chi connectivity index (χ4v) is 2.21. The summed E-state index contributed by atoms with van der Waals surface area (Å²) in [7, 11) is 1.21. The van der Waals surface area contributed by atoms with Crippen LogP contribution in [0.3, 0.4) is 0 Å². The van der Waals surface area contributed by atoms with Crippen LogP contribution in [0, 0.1) is 0 Å². The van der Waals surface area contributed by atoms with E-state index in [0.29, 0.717) is 13.0 Å². The maximum atomic E-state index is 12.6. The van der Waals surface area contributed by atoms with Crippen LogP contribution in [0.25, 0.3) is 0 Å². The predicted molar refractivity (Wildman–Crippen MR) is 89.0 cm³/mol. The Hall–Kier alpha value is -3.04. The van der Waals surface area contributed by atoms with Crippen LogP contribution in [0.5, 0.6) is 0 Å². The molecule has 0 unspecified atom stereocenters. The number of methoxy groups -OCH3 is 1. The highest BCUT2D eigenvalue weighted by atomic mass is 19.4. The number of oxazole rings is 1. The number of esters is 1. The molecule has 1 aromatic carbocycles. The number of nitrogens with zero attached hydrogens (tertiary/aromatic N) is 2. The van der Waals surface area contributed by atoms with Crippen LogP contribution in [0.2, 0.25) is 0 Å². The smallest absolute Gasteiger partial charge is 0.416 e. The standard InChI is InChI=1S/C17H18F3N3O4/c1-3-8-23(9-14-22-13(10-27-14)15(24)26-2)16(25)21-12-6-4-11(5-7-12)17(18,19)20/h4-7,10H,3,8-9H2,1-2H3,(H,21,25). The molecule has 0 saturated carbocycles.